The van der Waals surface area contributed by atoms with E-state index in [1.807, 2.05) is 19.1 Å². The van der Waals surface area contributed by atoms with E-state index >= 15 is 0 Å². The fourth-order valence-corrected chi connectivity index (χ4v) is 3.67. The zero-order valence-corrected chi connectivity index (χ0v) is 12.4. The Labute approximate surface area is 124 Å². The monoisotopic (exact) mass is 312 g/mol. The molecule has 0 N–H and O–H groups in total. The van der Waals surface area contributed by atoms with Gasteiger partial charge in [0.1, 0.15) is 16.2 Å². The zero-order valence-electron chi connectivity index (χ0n) is 10.1. The Hall–Kier alpha value is -1.03. The van der Waals surface area contributed by atoms with Crippen LogP contribution in [0.4, 0.5) is 0 Å². The Kier molecular flexibility index (Phi) is 3.29. The third kappa shape index (κ3) is 2.38. The lowest BCUT2D eigenvalue weighted by Crippen LogP contribution is -2.05. The number of ketones is 1. The highest BCUT2D eigenvalue weighted by Crippen LogP contribution is 2.34. The van der Waals surface area contributed by atoms with Crippen LogP contribution in [-0.4, -0.2) is 11.9 Å². The van der Waals surface area contributed by atoms with Crippen molar-refractivity contribution in [2.24, 2.45) is 0 Å². The van der Waals surface area contributed by atoms with Gasteiger partial charge < -0.3 is 4.74 Å². The van der Waals surface area contributed by atoms with Crippen LogP contribution in [0.3, 0.4) is 0 Å². The van der Waals surface area contributed by atoms with Gasteiger partial charge in [-0.05, 0) is 36.8 Å². The highest BCUT2D eigenvalue weighted by Gasteiger charge is 2.22. The summed E-state index contributed by atoms with van der Waals surface area (Å²) in [5.74, 6) is 0.758. The van der Waals surface area contributed by atoms with E-state index in [-0.39, 0.29) is 11.9 Å². The van der Waals surface area contributed by atoms with Crippen molar-refractivity contribution >= 4 is 40.3 Å². The van der Waals surface area contributed by atoms with Gasteiger partial charge >= 0.3 is 0 Å². The molecule has 98 valence electrons. The van der Waals surface area contributed by atoms with Gasteiger partial charge in [0.2, 0.25) is 0 Å². The van der Waals surface area contributed by atoms with Crippen LogP contribution in [0.5, 0.6) is 5.75 Å². The number of hydrogen-bond acceptors (Lipinski definition) is 3. The second-order valence-electron chi connectivity index (χ2n) is 4.52. The predicted octanol–water partition coefficient (Wildman–Crippen LogP) is 4.61. The lowest BCUT2D eigenvalue weighted by molar-refractivity contribution is 0.103. The predicted molar refractivity (Wildman–Crippen MR) is 78.0 cm³/mol. The van der Waals surface area contributed by atoms with Crippen molar-refractivity contribution in [2.45, 2.75) is 19.4 Å². The molecule has 1 atom stereocenters. The maximum absolute atomic E-state index is 12.4. The molecular weight excluding hydrogens is 303 g/mol. The molecule has 1 aliphatic rings. The van der Waals surface area contributed by atoms with Crippen molar-refractivity contribution in [1.29, 1.82) is 0 Å². The summed E-state index contributed by atoms with van der Waals surface area (Å²) in [6.07, 6.45) is 0.994. The molecule has 5 heteroatoms. The summed E-state index contributed by atoms with van der Waals surface area (Å²) in [6, 6.07) is 7.10. The zero-order chi connectivity index (χ0) is 13.6. The Morgan fingerprint density at radius 3 is 2.84 bits per heavy atom. The molecular formula is C14H10Cl2O2S. The molecule has 1 aromatic heterocycles. The second-order valence-corrected chi connectivity index (χ2v) is 6.81. The highest BCUT2D eigenvalue weighted by atomic mass is 35.5. The molecule has 2 nitrogen and oxygen atoms in total. The van der Waals surface area contributed by atoms with E-state index in [0.717, 1.165) is 17.7 Å². The van der Waals surface area contributed by atoms with Crippen molar-refractivity contribution in [3.63, 3.8) is 0 Å². The number of thiophene rings is 1. The average molecular weight is 313 g/mol. The van der Waals surface area contributed by atoms with Crippen LogP contribution >= 0.6 is 34.5 Å². The maximum Gasteiger partial charge on any atom is 0.195 e. The Bertz CT molecular complexity index is 663. The quantitative estimate of drug-likeness (QED) is 0.757. The third-order valence-corrected chi connectivity index (χ3v) is 4.55. The standard InChI is InChI=1S/C14H10Cl2O2S/c1-7-4-9-5-8(2-3-11(9)18-7)13(17)10-6-12(15)19-14(10)16/h2-3,5-7H,4H2,1H3. The van der Waals surface area contributed by atoms with Crippen LogP contribution in [0.1, 0.15) is 28.4 Å². The first-order valence-electron chi connectivity index (χ1n) is 5.83. The summed E-state index contributed by atoms with van der Waals surface area (Å²) in [7, 11) is 0. The number of hydrogen-bond donors (Lipinski definition) is 0. The van der Waals surface area contributed by atoms with Crippen molar-refractivity contribution in [3.8, 4) is 5.75 Å². The molecule has 0 spiro atoms. The van der Waals surface area contributed by atoms with Gasteiger partial charge in [-0.1, -0.05) is 23.2 Å². The molecule has 2 heterocycles. The number of halogens is 2. The van der Waals surface area contributed by atoms with Crippen molar-refractivity contribution < 1.29 is 9.53 Å². The number of rotatable bonds is 2. The van der Waals surface area contributed by atoms with Gasteiger partial charge in [0.25, 0.3) is 0 Å². The van der Waals surface area contributed by atoms with Gasteiger partial charge in [-0.25, -0.2) is 0 Å². The van der Waals surface area contributed by atoms with Gasteiger partial charge in [-0.2, -0.15) is 0 Å². The topological polar surface area (TPSA) is 26.3 Å². The summed E-state index contributed by atoms with van der Waals surface area (Å²) in [5.41, 5.74) is 2.15. The maximum atomic E-state index is 12.4. The van der Waals surface area contributed by atoms with Crippen LogP contribution in [0.15, 0.2) is 24.3 Å². The van der Waals surface area contributed by atoms with Crippen LogP contribution in [0.2, 0.25) is 8.67 Å². The molecule has 2 aromatic rings. The number of carbonyl (C=O) groups excluding carboxylic acids is 1. The molecule has 0 bridgehead atoms. The van der Waals surface area contributed by atoms with Crippen molar-refractivity contribution in [1.82, 2.24) is 0 Å². The number of benzene rings is 1. The molecule has 1 aliphatic heterocycles. The average Bonchev–Trinajstić information content (AvgIpc) is 2.88. The first kappa shape index (κ1) is 13.0. The largest absolute Gasteiger partial charge is 0.490 e. The van der Waals surface area contributed by atoms with E-state index in [1.165, 1.54) is 11.3 Å². The van der Waals surface area contributed by atoms with Crippen LogP contribution < -0.4 is 4.74 Å². The Balaban J connectivity index is 1.97. The lowest BCUT2D eigenvalue weighted by Gasteiger charge is -2.03. The third-order valence-electron chi connectivity index (χ3n) is 3.06. The molecule has 0 amide bonds. The minimum atomic E-state index is -0.101. The molecule has 0 saturated carbocycles. The molecule has 0 radical (unpaired) electrons. The highest BCUT2D eigenvalue weighted by molar-refractivity contribution is 7.20. The van der Waals surface area contributed by atoms with Crippen LogP contribution in [0.25, 0.3) is 0 Å². The van der Waals surface area contributed by atoms with Gasteiger partial charge in [0, 0.05) is 12.0 Å². The van der Waals surface area contributed by atoms with Crippen LogP contribution in [-0.2, 0) is 6.42 Å². The molecule has 0 aliphatic carbocycles. The fourth-order valence-electron chi connectivity index (χ4n) is 2.21. The molecule has 0 fully saturated rings. The first-order valence-corrected chi connectivity index (χ1v) is 7.41. The second kappa shape index (κ2) is 4.82. The minimum absolute atomic E-state index is 0.101. The molecule has 0 saturated heterocycles. The lowest BCUT2D eigenvalue weighted by atomic mass is 10.0. The Morgan fingerprint density at radius 1 is 1.37 bits per heavy atom. The van der Waals surface area contributed by atoms with Crippen molar-refractivity contribution in [2.75, 3.05) is 0 Å². The number of ether oxygens (including phenoxy) is 1. The van der Waals surface area contributed by atoms with Gasteiger partial charge in [0.15, 0.2) is 5.78 Å². The normalized spacial score (nSPS) is 17.1. The van der Waals surface area contributed by atoms with Gasteiger partial charge in [-0.3, -0.25) is 4.79 Å². The first-order chi connectivity index (χ1) is 9.04. The summed E-state index contributed by atoms with van der Waals surface area (Å²) in [6.45, 7) is 2.01. The molecule has 3 rings (SSSR count). The molecule has 19 heavy (non-hydrogen) atoms. The van der Waals surface area contributed by atoms with E-state index in [1.54, 1.807) is 12.1 Å². The summed E-state index contributed by atoms with van der Waals surface area (Å²) >= 11 is 13.1. The SMILES string of the molecule is CC1Cc2cc(C(=O)c3cc(Cl)sc3Cl)ccc2O1. The Morgan fingerprint density at radius 2 is 2.16 bits per heavy atom. The summed E-state index contributed by atoms with van der Waals surface area (Å²) in [4.78, 5) is 12.4. The van der Waals surface area contributed by atoms with Gasteiger partial charge in [0.05, 0.1) is 9.90 Å². The fraction of sp³-hybridized carbons (Fsp3) is 0.214. The van der Waals surface area contributed by atoms with Gasteiger partial charge in [-0.15, -0.1) is 11.3 Å². The number of fused-ring (bicyclic) bond motifs is 1. The summed E-state index contributed by atoms with van der Waals surface area (Å²) in [5, 5.41) is 0. The van der Waals surface area contributed by atoms with Crippen LogP contribution in [0, 0.1) is 0 Å². The minimum Gasteiger partial charge on any atom is -0.490 e. The summed E-state index contributed by atoms with van der Waals surface area (Å²) < 4.78 is 6.57. The smallest absolute Gasteiger partial charge is 0.195 e. The molecule has 1 aromatic carbocycles. The van der Waals surface area contributed by atoms with E-state index in [9.17, 15) is 4.79 Å². The van der Waals surface area contributed by atoms with E-state index in [2.05, 4.69) is 0 Å². The number of carbonyl (C=O) groups is 1. The van der Waals surface area contributed by atoms with E-state index in [4.69, 9.17) is 27.9 Å². The van der Waals surface area contributed by atoms with E-state index < -0.39 is 0 Å². The molecule has 1 unspecified atom stereocenters. The van der Waals surface area contributed by atoms with Crippen molar-refractivity contribution in [3.05, 3.63) is 49.6 Å². The van der Waals surface area contributed by atoms with E-state index in [0.29, 0.717) is 19.8 Å².